The molecule has 2 rings (SSSR count). The molecule has 0 atom stereocenters. The highest BCUT2D eigenvalue weighted by Crippen LogP contribution is 2.15. The van der Waals surface area contributed by atoms with Crippen molar-refractivity contribution in [3.05, 3.63) is 65.7 Å². The van der Waals surface area contributed by atoms with Crippen LogP contribution in [0.15, 0.2) is 60.2 Å². The fraction of sp³-hybridized carbons (Fsp3) is 0.200. The molecule has 0 aliphatic heterocycles. The lowest BCUT2D eigenvalue weighted by Crippen LogP contribution is -2.08. The minimum Gasteiger partial charge on any atom is -0.490 e. The van der Waals surface area contributed by atoms with Gasteiger partial charge in [-0.1, -0.05) is 30.3 Å². The van der Waals surface area contributed by atoms with Gasteiger partial charge in [0.15, 0.2) is 0 Å². The Morgan fingerprint density at radius 1 is 1.00 bits per heavy atom. The summed E-state index contributed by atoms with van der Waals surface area (Å²) in [6.45, 7) is 2.78. The van der Waals surface area contributed by atoms with Gasteiger partial charge in [0.25, 0.3) is 0 Å². The molecule has 0 N–H and O–H groups in total. The van der Waals surface area contributed by atoms with Gasteiger partial charge in [-0.15, -0.1) is 0 Å². The molecule has 25 heavy (non-hydrogen) atoms. The van der Waals surface area contributed by atoms with Crippen LogP contribution in [0, 0.1) is 11.3 Å². The van der Waals surface area contributed by atoms with Crippen LogP contribution in [-0.2, 0) is 9.53 Å². The zero-order valence-corrected chi connectivity index (χ0v) is 14.0. The molecule has 128 valence electrons. The second kappa shape index (κ2) is 9.78. The topological polar surface area (TPSA) is 68.6 Å². The highest BCUT2D eigenvalue weighted by molar-refractivity contribution is 5.97. The van der Waals surface area contributed by atoms with Crippen molar-refractivity contribution in [3.8, 4) is 17.6 Å². The van der Waals surface area contributed by atoms with Crippen molar-refractivity contribution >= 4 is 12.0 Å². The molecule has 0 spiro atoms. The summed E-state index contributed by atoms with van der Waals surface area (Å²) < 4.78 is 16.0. The predicted molar refractivity (Wildman–Crippen MR) is 94.1 cm³/mol. The first-order chi connectivity index (χ1) is 12.2. The molecule has 0 heterocycles. The number of hydrogen-bond donors (Lipinski definition) is 0. The number of carbonyl (C=O) groups excluding carboxylic acids is 1. The van der Waals surface area contributed by atoms with E-state index >= 15 is 0 Å². The number of rotatable bonds is 8. The predicted octanol–water partition coefficient (Wildman–Crippen LogP) is 3.61. The third-order valence-corrected chi connectivity index (χ3v) is 3.17. The first-order valence-electron chi connectivity index (χ1n) is 7.92. The van der Waals surface area contributed by atoms with Crippen LogP contribution in [-0.4, -0.2) is 25.8 Å². The van der Waals surface area contributed by atoms with E-state index in [2.05, 4.69) is 0 Å². The molecule has 0 amide bonds. The molecule has 0 aromatic heterocycles. The number of para-hydroxylation sites is 1. The summed E-state index contributed by atoms with van der Waals surface area (Å²) in [6.07, 6.45) is 1.49. The third kappa shape index (κ3) is 6.04. The number of nitriles is 1. The summed E-state index contributed by atoms with van der Waals surface area (Å²) in [5.74, 6) is 0.862. The maximum atomic E-state index is 11.6. The quantitative estimate of drug-likeness (QED) is 0.318. The molecule has 2 aromatic rings. The van der Waals surface area contributed by atoms with Crippen LogP contribution in [0.5, 0.6) is 11.5 Å². The average Bonchev–Trinajstić information content (AvgIpc) is 2.65. The van der Waals surface area contributed by atoms with Gasteiger partial charge in [-0.05, 0) is 42.8 Å². The van der Waals surface area contributed by atoms with E-state index in [4.69, 9.17) is 19.5 Å². The first kappa shape index (κ1) is 18.1. The van der Waals surface area contributed by atoms with E-state index in [9.17, 15) is 4.79 Å². The fourth-order valence-corrected chi connectivity index (χ4v) is 2.01. The molecule has 0 fully saturated rings. The molecule has 5 heteroatoms. The lowest BCUT2D eigenvalue weighted by atomic mass is 10.1. The van der Waals surface area contributed by atoms with Gasteiger partial charge in [0.1, 0.15) is 36.4 Å². The number of esters is 1. The van der Waals surface area contributed by atoms with E-state index < -0.39 is 5.97 Å². The minimum atomic E-state index is -0.622. The van der Waals surface area contributed by atoms with Crippen LogP contribution in [0.1, 0.15) is 12.5 Å². The summed E-state index contributed by atoms with van der Waals surface area (Å²) in [5.41, 5.74) is 0.685. The van der Waals surface area contributed by atoms with E-state index in [1.54, 1.807) is 31.2 Å². The Balaban J connectivity index is 1.85. The SMILES string of the molecule is CCOC(=O)C(C#N)=Cc1ccc(OCCOc2ccccc2)cc1. The van der Waals surface area contributed by atoms with Crippen molar-refractivity contribution in [2.45, 2.75) is 6.92 Å². The Morgan fingerprint density at radius 3 is 2.16 bits per heavy atom. The molecule has 0 bridgehead atoms. The summed E-state index contributed by atoms with van der Waals surface area (Å²) in [6, 6.07) is 18.5. The molecule has 0 saturated heterocycles. The molecule has 0 unspecified atom stereocenters. The van der Waals surface area contributed by atoms with Crippen molar-refractivity contribution in [3.63, 3.8) is 0 Å². The first-order valence-corrected chi connectivity index (χ1v) is 7.92. The van der Waals surface area contributed by atoms with Crippen molar-refractivity contribution < 1.29 is 19.0 Å². The van der Waals surface area contributed by atoms with Gasteiger partial charge in [-0.3, -0.25) is 0 Å². The summed E-state index contributed by atoms with van der Waals surface area (Å²) in [7, 11) is 0. The monoisotopic (exact) mass is 337 g/mol. The molecule has 0 aliphatic carbocycles. The molecular weight excluding hydrogens is 318 g/mol. The Kier molecular flexibility index (Phi) is 7.08. The largest absolute Gasteiger partial charge is 0.490 e. The van der Waals surface area contributed by atoms with Crippen LogP contribution < -0.4 is 9.47 Å². The van der Waals surface area contributed by atoms with Gasteiger partial charge < -0.3 is 14.2 Å². The van der Waals surface area contributed by atoms with E-state index in [-0.39, 0.29) is 12.2 Å². The molecule has 0 aliphatic rings. The van der Waals surface area contributed by atoms with Crippen molar-refractivity contribution in [1.82, 2.24) is 0 Å². The lowest BCUT2D eigenvalue weighted by molar-refractivity contribution is -0.137. The zero-order chi connectivity index (χ0) is 17.9. The number of carbonyl (C=O) groups is 1. The van der Waals surface area contributed by atoms with Gasteiger partial charge in [0, 0.05) is 0 Å². The zero-order valence-electron chi connectivity index (χ0n) is 14.0. The van der Waals surface area contributed by atoms with Crippen LogP contribution in [0.2, 0.25) is 0 Å². The number of ether oxygens (including phenoxy) is 3. The Bertz CT molecular complexity index is 746. The van der Waals surface area contributed by atoms with E-state index in [1.807, 2.05) is 36.4 Å². The van der Waals surface area contributed by atoms with E-state index in [0.29, 0.717) is 19.0 Å². The smallest absolute Gasteiger partial charge is 0.348 e. The molecule has 0 radical (unpaired) electrons. The second-order valence-electron chi connectivity index (χ2n) is 4.97. The van der Waals surface area contributed by atoms with E-state index in [1.165, 1.54) is 6.08 Å². The van der Waals surface area contributed by atoms with Crippen molar-refractivity contribution in [2.24, 2.45) is 0 Å². The maximum absolute atomic E-state index is 11.6. The molecule has 0 saturated carbocycles. The second-order valence-corrected chi connectivity index (χ2v) is 4.97. The number of nitrogens with zero attached hydrogens (tertiary/aromatic N) is 1. The summed E-state index contributed by atoms with van der Waals surface area (Å²) in [4.78, 5) is 11.6. The van der Waals surface area contributed by atoms with Crippen LogP contribution >= 0.6 is 0 Å². The Morgan fingerprint density at radius 2 is 1.60 bits per heavy atom. The number of benzene rings is 2. The maximum Gasteiger partial charge on any atom is 0.348 e. The van der Waals surface area contributed by atoms with Gasteiger partial charge in [0.05, 0.1) is 6.61 Å². The average molecular weight is 337 g/mol. The van der Waals surface area contributed by atoms with Crippen molar-refractivity contribution in [1.29, 1.82) is 5.26 Å². The standard InChI is InChI=1S/C20H19NO4/c1-2-23-20(22)17(15-21)14-16-8-10-19(11-9-16)25-13-12-24-18-6-4-3-5-7-18/h3-11,14H,2,12-13H2,1H3. The highest BCUT2D eigenvalue weighted by Gasteiger charge is 2.09. The van der Waals surface area contributed by atoms with Crippen LogP contribution in [0.25, 0.3) is 6.08 Å². The van der Waals surface area contributed by atoms with Gasteiger partial charge in [0.2, 0.25) is 0 Å². The van der Waals surface area contributed by atoms with E-state index in [0.717, 1.165) is 11.3 Å². The summed E-state index contributed by atoms with van der Waals surface area (Å²) in [5, 5.41) is 9.02. The highest BCUT2D eigenvalue weighted by atomic mass is 16.5. The molecular formula is C20H19NO4. The van der Waals surface area contributed by atoms with Gasteiger partial charge in [-0.25, -0.2) is 4.79 Å². The third-order valence-electron chi connectivity index (χ3n) is 3.17. The molecule has 2 aromatic carbocycles. The van der Waals surface area contributed by atoms with Crippen molar-refractivity contribution in [2.75, 3.05) is 19.8 Å². The fourth-order valence-electron chi connectivity index (χ4n) is 2.01. The van der Waals surface area contributed by atoms with Crippen LogP contribution in [0.4, 0.5) is 0 Å². The summed E-state index contributed by atoms with van der Waals surface area (Å²) >= 11 is 0. The molecule has 5 nitrogen and oxygen atoms in total. The lowest BCUT2D eigenvalue weighted by Gasteiger charge is -2.08. The Labute approximate surface area is 147 Å². The Hall–Kier alpha value is -3.26. The normalized spacial score (nSPS) is 10.6. The van der Waals surface area contributed by atoms with Gasteiger partial charge in [-0.2, -0.15) is 5.26 Å². The van der Waals surface area contributed by atoms with Gasteiger partial charge >= 0.3 is 5.97 Å². The minimum absolute atomic E-state index is 0.0354. The number of hydrogen-bond acceptors (Lipinski definition) is 5. The van der Waals surface area contributed by atoms with Crippen LogP contribution in [0.3, 0.4) is 0 Å².